The number of benzene rings is 1. The molecule has 0 unspecified atom stereocenters. The topological polar surface area (TPSA) is 49.4 Å². The Morgan fingerprint density at radius 1 is 1.35 bits per heavy atom. The largest absolute Gasteiger partial charge is 0.325 e. The number of rotatable bonds is 4. The Hall–Kier alpha value is -1.84. The van der Waals surface area contributed by atoms with Gasteiger partial charge in [0.1, 0.15) is 0 Å². The molecule has 1 aromatic carbocycles. The maximum absolute atomic E-state index is 11.8. The van der Waals surface area contributed by atoms with Crippen LogP contribution in [-0.2, 0) is 0 Å². The van der Waals surface area contributed by atoms with E-state index in [0.29, 0.717) is 24.3 Å². The highest BCUT2D eigenvalue weighted by atomic mass is 16.2. The van der Waals surface area contributed by atoms with Crippen LogP contribution in [0.15, 0.2) is 18.2 Å². The summed E-state index contributed by atoms with van der Waals surface area (Å²) in [5, 5.41) is 2.75. The molecule has 0 spiro atoms. The van der Waals surface area contributed by atoms with Crippen molar-refractivity contribution in [1.82, 2.24) is 4.90 Å². The van der Waals surface area contributed by atoms with Crippen molar-refractivity contribution in [3.8, 4) is 0 Å². The number of Topliss-reactive ketones (excluding diaryl/α,β-unsaturated/α-hetero) is 1. The molecule has 0 aliphatic heterocycles. The maximum Gasteiger partial charge on any atom is 0.321 e. The molecule has 0 atom stereocenters. The zero-order chi connectivity index (χ0) is 12.8. The van der Waals surface area contributed by atoms with Gasteiger partial charge in [-0.05, 0) is 39.0 Å². The summed E-state index contributed by atoms with van der Waals surface area (Å²) in [6.07, 6.45) is 0. The minimum Gasteiger partial charge on any atom is -0.325 e. The molecule has 2 amide bonds. The van der Waals surface area contributed by atoms with Gasteiger partial charge in [-0.3, -0.25) is 4.79 Å². The summed E-state index contributed by atoms with van der Waals surface area (Å²) in [4.78, 5) is 24.6. The maximum atomic E-state index is 11.8. The molecule has 1 N–H and O–H groups in total. The Morgan fingerprint density at radius 2 is 2.00 bits per heavy atom. The average molecular weight is 233 g/mol. The van der Waals surface area contributed by atoms with E-state index in [1.165, 1.54) is 6.92 Å². The van der Waals surface area contributed by atoms with Crippen LogP contribution in [0.25, 0.3) is 0 Å². The summed E-state index contributed by atoms with van der Waals surface area (Å²) < 4.78 is 0. The SMILES string of the molecule is CCN(CC)C(=O)Nc1cc[c]c(C(C)=O)c1. The fraction of sp³-hybridized carbons (Fsp3) is 0.385. The quantitative estimate of drug-likeness (QED) is 0.812. The summed E-state index contributed by atoms with van der Waals surface area (Å²) in [5.41, 5.74) is 1.09. The molecule has 4 heteroatoms. The first-order chi connectivity index (χ1) is 8.08. The first-order valence-corrected chi connectivity index (χ1v) is 5.67. The molecule has 4 nitrogen and oxygen atoms in total. The number of amides is 2. The van der Waals surface area contributed by atoms with Crippen molar-refractivity contribution in [1.29, 1.82) is 0 Å². The van der Waals surface area contributed by atoms with Crippen LogP contribution in [-0.4, -0.2) is 29.8 Å². The van der Waals surface area contributed by atoms with Gasteiger partial charge in [-0.15, -0.1) is 0 Å². The van der Waals surface area contributed by atoms with E-state index in [1.807, 2.05) is 13.8 Å². The first-order valence-electron chi connectivity index (χ1n) is 5.67. The lowest BCUT2D eigenvalue weighted by Crippen LogP contribution is -2.34. The minimum atomic E-state index is -0.157. The van der Waals surface area contributed by atoms with E-state index in [2.05, 4.69) is 11.4 Å². The molecule has 0 saturated carbocycles. The van der Waals surface area contributed by atoms with Crippen molar-refractivity contribution in [3.63, 3.8) is 0 Å². The fourth-order valence-electron chi connectivity index (χ4n) is 1.46. The summed E-state index contributed by atoms with van der Waals surface area (Å²) in [6.45, 7) is 6.62. The molecule has 0 heterocycles. The number of ketones is 1. The predicted octanol–water partition coefficient (Wildman–Crippen LogP) is 2.56. The van der Waals surface area contributed by atoms with Crippen molar-refractivity contribution >= 4 is 17.5 Å². The van der Waals surface area contributed by atoms with Gasteiger partial charge in [-0.25, -0.2) is 4.79 Å². The lowest BCUT2D eigenvalue weighted by Gasteiger charge is -2.19. The smallest absolute Gasteiger partial charge is 0.321 e. The molecule has 1 radical (unpaired) electrons. The highest BCUT2D eigenvalue weighted by molar-refractivity contribution is 5.96. The number of nitrogens with one attached hydrogen (secondary N) is 1. The van der Waals surface area contributed by atoms with Crippen LogP contribution in [0.3, 0.4) is 0 Å². The Morgan fingerprint density at radius 3 is 2.53 bits per heavy atom. The van der Waals surface area contributed by atoms with Crippen molar-refractivity contribution < 1.29 is 9.59 Å². The lowest BCUT2D eigenvalue weighted by molar-refractivity contribution is 0.101. The zero-order valence-corrected chi connectivity index (χ0v) is 10.4. The Balaban J connectivity index is 2.78. The van der Waals surface area contributed by atoms with E-state index in [-0.39, 0.29) is 11.8 Å². The van der Waals surface area contributed by atoms with Crippen LogP contribution in [0.1, 0.15) is 31.1 Å². The standard InChI is InChI=1S/C13H17N2O2/c1-4-15(5-2)13(17)14-12-8-6-7-11(9-12)10(3)16/h6,8-9H,4-5H2,1-3H3,(H,14,17). The van der Waals surface area contributed by atoms with Crippen molar-refractivity contribution in [2.24, 2.45) is 0 Å². The highest BCUT2D eigenvalue weighted by Gasteiger charge is 2.09. The molecule has 1 aromatic rings. The fourth-order valence-corrected chi connectivity index (χ4v) is 1.46. The third kappa shape index (κ3) is 3.59. The van der Waals surface area contributed by atoms with E-state index >= 15 is 0 Å². The van der Waals surface area contributed by atoms with Gasteiger partial charge < -0.3 is 10.2 Å². The van der Waals surface area contributed by atoms with Crippen LogP contribution >= 0.6 is 0 Å². The van der Waals surface area contributed by atoms with Gasteiger partial charge in [-0.1, -0.05) is 6.07 Å². The van der Waals surface area contributed by atoms with Crippen LogP contribution in [0.4, 0.5) is 10.5 Å². The monoisotopic (exact) mass is 233 g/mol. The molecule has 0 fully saturated rings. The van der Waals surface area contributed by atoms with Gasteiger partial charge in [0.25, 0.3) is 0 Å². The Bertz CT molecular complexity index is 412. The number of anilines is 1. The molecule has 0 saturated heterocycles. The minimum absolute atomic E-state index is 0.0658. The number of urea groups is 1. The predicted molar refractivity (Wildman–Crippen MR) is 67.2 cm³/mol. The molecule has 0 aromatic heterocycles. The van der Waals surface area contributed by atoms with Gasteiger partial charge in [0.05, 0.1) is 0 Å². The third-order valence-corrected chi connectivity index (χ3v) is 2.48. The van der Waals surface area contributed by atoms with Crippen LogP contribution in [0.5, 0.6) is 0 Å². The molecule has 1 rings (SSSR count). The molecular weight excluding hydrogens is 216 g/mol. The summed E-state index contributed by atoms with van der Waals surface area (Å²) in [6, 6.07) is 7.65. The second-order valence-electron chi connectivity index (χ2n) is 3.65. The second-order valence-corrected chi connectivity index (χ2v) is 3.65. The number of carbonyl (C=O) groups excluding carboxylic acids is 2. The molecule has 0 aliphatic rings. The van der Waals surface area contributed by atoms with E-state index in [4.69, 9.17) is 0 Å². The number of carbonyl (C=O) groups is 2. The average Bonchev–Trinajstić information content (AvgIpc) is 2.30. The molecule has 0 bridgehead atoms. The van der Waals surface area contributed by atoms with Crippen LogP contribution < -0.4 is 5.32 Å². The zero-order valence-electron chi connectivity index (χ0n) is 10.4. The second kappa shape index (κ2) is 6.03. The van der Waals surface area contributed by atoms with E-state index < -0.39 is 0 Å². The Kier molecular flexibility index (Phi) is 4.69. The van der Waals surface area contributed by atoms with Crippen molar-refractivity contribution in [3.05, 3.63) is 29.8 Å². The van der Waals surface area contributed by atoms with Gasteiger partial charge in [0, 0.05) is 24.3 Å². The lowest BCUT2D eigenvalue weighted by atomic mass is 10.1. The van der Waals surface area contributed by atoms with E-state index in [9.17, 15) is 9.59 Å². The highest BCUT2D eigenvalue weighted by Crippen LogP contribution is 2.11. The summed E-state index contributed by atoms with van der Waals surface area (Å²) >= 11 is 0. The van der Waals surface area contributed by atoms with Crippen molar-refractivity contribution in [2.45, 2.75) is 20.8 Å². The van der Waals surface area contributed by atoms with Gasteiger partial charge in [0.2, 0.25) is 0 Å². The first kappa shape index (κ1) is 13.2. The van der Waals surface area contributed by atoms with Crippen LogP contribution in [0.2, 0.25) is 0 Å². The normalized spacial score (nSPS) is 9.82. The van der Waals surface area contributed by atoms with Gasteiger partial charge in [-0.2, -0.15) is 0 Å². The summed E-state index contributed by atoms with van der Waals surface area (Å²) in [7, 11) is 0. The third-order valence-electron chi connectivity index (χ3n) is 2.48. The van der Waals surface area contributed by atoms with E-state index in [1.54, 1.807) is 23.1 Å². The van der Waals surface area contributed by atoms with Gasteiger partial charge >= 0.3 is 6.03 Å². The van der Waals surface area contributed by atoms with E-state index in [0.717, 1.165) is 0 Å². The number of hydrogen-bond donors (Lipinski definition) is 1. The van der Waals surface area contributed by atoms with Crippen LogP contribution in [0, 0.1) is 6.07 Å². The molecule has 91 valence electrons. The molecule has 0 aliphatic carbocycles. The molecular formula is C13H17N2O2. The van der Waals surface area contributed by atoms with Gasteiger partial charge in [0.15, 0.2) is 5.78 Å². The Labute approximate surface area is 102 Å². The number of hydrogen-bond acceptors (Lipinski definition) is 2. The molecule has 17 heavy (non-hydrogen) atoms. The number of nitrogens with zero attached hydrogens (tertiary/aromatic N) is 1. The van der Waals surface area contributed by atoms with Crippen molar-refractivity contribution in [2.75, 3.05) is 18.4 Å². The summed E-state index contributed by atoms with van der Waals surface area (Å²) in [5.74, 6) is -0.0658.